The zero-order valence-electron chi connectivity index (χ0n) is 19.8. The summed E-state index contributed by atoms with van der Waals surface area (Å²) >= 11 is 0. The fourth-order valence-corrected chi connectivity index (χ4v) is 4.48. The Morgan fingerprint density at radius 1 is 1.00 bits per heavy atom. The van der Waals surface area contributed by atoms with Gasteiger partial charge in [-0.05, 0) is 36.7 Å². The topological polar surface area (TPSA) is 74.4 Å². The summed E-state index contributed by atoms with van der Waals surface area (Å²) < 4.78 is 11.2. The number of ether oxygens (including phenoxy) is 2. The lowest BCUT2D eigenvalue weighted by Crippen LogP contribution is -2.52. The van der Waals surface area contributed by atoms with Crippen LogP contribution in [0.5, 0.6) is 5.75 Å². The molecule has 0 aromatic heterocycles. The number of urea groups is 1. The van der Waals surface area contributed by atoms with Crippen molar-refractivity contribution in [1.29, 1.82) is 0 Å². The number of benzene rings is 2. The monoisotopic (exact) mass is 466 g/mol. The predicted molar refractivity (Wildman–Crippen MR) is 130 cm³/mol. The van der Waals surface area contributed by atoms with Gasteiger partial charge in [0.25, 0.3) is 5.91 Å². The van der Waals surface area contributed by atoms with Crippen molar-refractivity contribution in [2.75, 3.05) is 59.5 Å². The van der Waals surface area contributed by atoms with Gasteiger partial charge in [-0.25, -0.2) is 4.79 Å². The fourth-order valence-electron chi connectivity index (χ4n) is 4.48. The lowest BCUT2D eigenvalue weighted by molar-refractivity contribution is -0.0299. The first kappa shape index (κ1) is 24.0. The fraction of sp³-hybridized carbons (Fsp3) is 0.462. The van der Waals surface area contributed by atoms with E-state index in [1.165, 1.54) is 0 Å². The highest BCUT2D eigenvalue weighted by Gasteiger charge is 2.27. The minimum Gasteiger partial charge on any atom is -0.497 e. The minimum atomic E-state index is -0.0527. The van der Waals surface area contributed by atoms with Gasteiger partial charge in [0.2, 0.25) is 0 Å². The van der Waals surface area contributed by atoms with Crippen LogP contribution in [0.3, 0.4) is 0 Å². The van der Waals surface area contributed by atoms with Crippen LogP contribution >= 0.6 is 0 Å². The molecule has 1 N–H and O–H groups in total. The Labute approximate surface area is 201 Å². The molecule has 8 heteroatoms. The number of rotatable bonds is 6. The molecule has 0 saturated carbocycles. The summed E-state index contributed by atoms with van der Waals surface area (Å²) in [5.41, 5.74) is 1.74. The standard InChI is InChI=1S/C26H34N4O4/c1-33-23-10-5-9-22(17-23)25(31)29-12-6-11-28(13-14-29)19-24-20-30(15-16-34-24)26(32)27-18-21-7-3-2-4-8-21/h2-5,7-10,17,24H,6,11-16,18-20H2,1H3,(H,27,32)/t24-/m0/s1. The summed E-state index contributed by atoms with van der Waals surface area (Å²) in [4.78, 5) is 31.7. The predicted octanol–water partition coefficient (Wildman–Crippen LogP) is 2.45. The molecule has 0 radical (unpaired) electrons. The van der Waals surface area contributed by atoms with Crippen LogP contribution in [0.1, 0.15) is 22.3 Å². The van der Waals surface area contributed by atoms with Crippen molar-refractivity contribution in [2.45, 2.75) is 19.1 Å². The second kappa shape index (κ2) is 11.9. The summed E-state index contributed by atoms with van der Waals surface area (Å²) in [6, 6.07) is 17.2. The molecule has 0 unspecified atom stereocenters. The number of carbonyl (C=O) groups excluding carboxylic acids is 2. The van der Waals surface area contributed by atoms with E-state index in [-0.39, 0.29) is 18.0 Å². The minimum absolute atomic E-state index is 0.0307. The maximum atomic E-state index is 13.0. The normalized spacial score (nSPS) is 19.4. The average molecular weight is 467 g/mol. The Kier molecular flexibility index (Phi) is 8.38. The number of nitrogens with one attached hydrogen (secondary N) is 1. The lowest BCUT2D eigenvalue weighted by Gasteiger charge is -2.35. The second-order valence-corrected chi connectivity index (χ2v) is 8.76. The van der Waals surface area contributed by atoms with Crippen LogP contribution in [0, 0.1) is 0 Å². The van der Waals surface area contributed by atoms with Gasteiger partial charge in [0.05, 0.1) is 19.8 Å². The van der Waals surface area contributed by atoms with Gasteiger partial charge in [-0.3, -0.25) is 9.69 Å². The first-order chi connectivity index (χ1) is 16.6. The molecule has 4 rings (SSSR count). The highest BCUT2D eigenvalue weighted by atomic mass is 16.5. The molecule has 2 aliphatic heterocycles. The van der Waals surface area contributed by atoms with Gasteiger partial charge in [-0.1, -0.05) is 36.4 Å². The lowest BCUT2D eigenvalue weighted by atomic mass is 10.2. The van der Waals surface area contributed by atoms with Crippen molar-refractivity contribution in [2.24, 2.45) is 0 Å². The molecule has 2 aliphatic rings. The number of amides is 3. The van der Waals surface area contributed by atoms with Crippen LogP contribution in [0.25, 0.3) is 0 Å². The van der Waals surface area contributed by atoms with E-state index in [1.807, 2.05) is 58.3 Å². The van der Waals surface area contributed by atoms with E-state index in [2.05, 4.69) is 10.2 Å². The Hall–Kier alpha value is -3.10. The first-order valence-electron chi connectivity index (χ1n) is 12.0. The van der Waals surface area contributed by atoms with Crippen LogP contribution in [-0.2, 0) is 11.3 Å². The molecule has 182 valence electrons. The number of nitrogens with zero attached hydrogens (tertiary/aromatic N) is 3. The summed E-state index contributed by atoms with van der Waals surface area (Å²) in [6.45, 7) is 6.07. The number of carbonyl (C=O) groups is 2. The highest BCUT2D eigenvalue weighted by molar-refractivity contribution is 5.94. The molecular formula is C26H34N4O4. The van der Waals surface area contributed by atoms with Crippen LogP contribution in [0.2, 0.25) is 0 Å². The zero-order valence-corrected chi connectivity index (χ0v) is 19.8. The highest BCUT2D eigenvalue weighted by Crippen LogP contribution is 2.16. The van der Waals surface area contributed by atoms with Crippen molar-refractivity contribution in [3.63, 3.8) is 0 Å². The van der Waals surface area contributed by atoms with Gasteiger partial charge in [0, 0.05) is 51.4 Å². The van der Waals surface area contributed by atoms with E-state index in [1.54, 1.807) is 13.2 Å². The van der Waals surface area contributed by atoms with Gasteiger partial charge in [0.1, 0.15) is 5.75 Å². The molecule has 2 aromatic rings. The van der Waals surface area contributed by atoms with Crippen molar-refractivity contribution in [3.05, 3.63) is 65.7 Å². The molecule has 0 aliphatic carbocycles. The molecule has 0 bridgehead atoms. The molecule has 2 fully saturated rings. The maximum Gasteiger partial charge on any atom is 0.317 e. The second-order valence-electron chi connectivity index (χ2n) is 8.76. The third-order valence-electron chi connectivity index (χ3n) is 6.37. The van der Waals surface area contributed by atoms with E-state index in [4.69, 9.17) is 9.47 Å². The van der Waals surface area contributed by atoms with Crippen molar-refractivity contribution in [1.82, 2.24) is 20.0 Å². The van der Waals surface area contributed by atoms with Crippen molar-refractivity contribution >= 4 is 11.9 Å². The average Bonchev–Trinajstić information content (AvgIpc) is 3.13. The largest absolute Gasteiger partial charge is 0.497 e. The van der Waals surface area contributed by atoms with E-state index in [0.29, 0.717) is 44.1 Å². The summed E-state index contributed by atoms with van der Waals surface area (Å²) in [5.74, 6) is 0.727. The van der Waals surface area contributed by atoms with Gasteiger partial charge in [-0.2, -0.15) is 0 Å². The number of hydrogen-bond acceptors (Lipinski definition) is 5. The molecule has 2 aromatic carbocycles. The number of morpholine rings is 1. The zero-order chi connectivity index (χ0) is 23.8. The Morgan fingerprint density at radius 3 is 2.68 bits per heavy atom. The van der Waals surface area contributed by atoms with Gasteiger partial charge in [-0.15, -0.1) is 0 Å². The quantitative estimate of drug-likeness (QED) is 0.708. The Morgan fingerprint density at radius 2 is 1.85 bits per heavy atom. The van der Waals surface area contributed by atoms with Crippen molar-refractivity contribution < 1.29 is 19.1 Å². The van der Waals surface area contributed by atoms with E-state index in [0.717, 1.165) is 38.2 Å². The maximum absolute atomic E-state index is 13.0. The SMILES string of the molecule is COc1cccc(C(=O)N2CCCN(C[C@H]3CN(C(=O)NCc4ccccc4)CCO3)CC2)c1. The van der Waals surface area contributed by atoms with Crippen LogP contribution in [0.4, 0.5) is 4.79 Å². The molecule has 3 amide bonds. The first-order valence-corrected chi connectivity index (χ1v) is 12.0. The van der Waals surface area contributed by atoms with Crippen molar-refractivity contribution in [3.8, 4) is 5.75 Å². The summed E-state index contributed by atoms with van der Waals surface area (Å²) in [5, 5.41) is 3.01. The molecule has 0 spiro atoms. The third-order valence-corrected chi connectivity index (χ3v) is 6.37. The molecule has 1 atom stereocenters. The summed E-state index contributed by atoms with van der Waals surface area (Å²) in [6.07, 6.45) is 0.876. The van der Waals surface area contributed by atoms with Gasteiger partial charge in [0.15, 0.2) is 0 Å². The van der Waals surface area contributed by atoms with E-state index in [9.17, 15) is 9.59 Å². The smallest absolute Gasteiger partial charge is 0.317 e. The molecule has 34 heavy (non-hydrogen) atoms. The van der Waals surface area contributed by atoms with Crippen LogP contribution < -0.4 is 10.1 Å². The molecule has 8 nitrogen and oxygen atoms in total. The van der Waals surface area contributed by atoms with Crippen LogP contribution in [-0.4, -0.2) is 92.3 Å². The van der Waals surface area contributed by atoms with Gasteiger partial charge < -0.3 is 24.6 Å². The van der Waals surface area contributed by atoms with Crippen LogP contribution in [0.15, 0.2) is 54.6 Å². The number of methoxy groups -OCH3 is 1. The molecule has 2 saturated heterocycles. The Balaban J connectivity index is 1.25. The van der Waals surface area contributed by atoms with E-state index >= 15 is 0 Å². The molecular weight excluding hydrogens is 432 g/mol. The van der Waals surface area contributed by atoms with Gasteiger partial charge >= 0.3 is 6.03 Å². The summed E-state index contributed by atoms with van der Waals surface area (Å²) in [7, 11) is 1.61. The Bertz CT molecular complexity index is 955. The molecule has 2 heterocycles. The van der Waals surface area contributed by atoms with E-state index < -0.39 is 0 Å². The number of hydrogen-bond donors (Lipinski definition) is 1. The third kappa shape index (κ3) is 6.48.